The Kier molecular flexibility index (Phi) is 5.99. The van der Waals surface area contributed by atoms with Crippen molar-refractivity contribution in [3.8, 4) is 0 Å². The van der Waals surface area contributed by atoms with Crippen molar-refractivity contribution >= 4 is 29.1 Å². The van der Waals surface area contributed by atoms with E-state index in [0.29, 0.717) is 16.3 Å². The summed E-state index contributed by atoms with van der Waals surface area (Å²) in [6.45, 7) is 5.76. The van der Waals surface area contributed by atoms with Gasteiger partial charge in [0.15, 0.2) is 0 Å². The third-order valence-corrected chi connectivity index (χ3v) is 3.91. The third-order valence-electron chi connectivity index (χ3n) is 3.66. The molecule has 0 spiro atoms. The van der Waals surface area contributed by atoms with Crippen molar-refractivity contribution in [1.82, 2.24) is 5.32 Å². The average Bonchev–Trinajstić information content (AvgIpc) is 2.54. The summed E-state index contributed by atoms with van der Waals surface area (Å²) in [5.41, 5.74) is 2.29. The second-order valence-electron chi connectivity index (χ2n) is 6.06. The van der Waals surface area contributed by atoms with Gasteiger partial charge in [-0.25, -0.2) is 0 Å². The molecule has 0 heterocycles. The minimum atomic E-state index is -0.630. The van der Waals surface area contributed by atoms with Gasteiger partial charge in [-0.15, -0.1) is 0 Å². The van der Waals surface area contributed by atoms with Crippen LogP contribution in [0, 0.1) is 12.8 Å². The Bertz CT molecular complexity index is 709. The molecular weight excluding hydrogens is 324 g/mol. The standard InChI is InChI=1S/C19H21ClN2O2/c1-12(2)17(19(24)21-16-10-4-13(3)5-11-16)22-18(23)14-6-8-15(20)9-7-14/h4-12,17H,1-3H3,(H,21,24)(H,22,23). The number of hydrogen-bond acceptors (Lipinski definition) is 2. The van der Waals surface area contributed by atoms with Crippen molar-refractivity contribution in [3.63, 3.8) is 0 Å². The van der Waals surface area contributed by atoms with Crippen LogP contribution in [0.3, 0.4) is 0 Å². The van der Waals surface area contributed by atoms with Crippen LogP contribution in [-0.2, 0) is 4.79 Å². The average molecular weight is 345 g/mol. The van der Waals surface area contributed by atoms with Crippen LogP contribution in [0.15, 0.2) is 48.5 Å². The van der Waals surface area contributed by atoms with Crippen molar-refractivity contribution < 1.29 is 9.59 Å². The molecule has 126 valence electrons. The minimum absolute atomic E-state index is 0.0494. The van der Waals surface area contributed by atoms with E-state index in [1.807, 2.05) is 45.0 Å². The van der Waals surface area contributed by atoms with E-state index in [9.17, 15) is 9.59 Å². The number of anilines is 1. The Morgan fingerprint density at radius 1 is 0.958 bits per heavy atom. The van der Waals surface area contributed by atoms with Gasteiger partial charge in [-0.3, -0.25) is 9.59 Å². The number of amides is 2. The van der Waals surface area contributed by atoms with Gasteiger partial charge in [-0.1, -0.05) is 43.1 Å². The number of hydrogen-bond donors (Lipinski definition) is 2. The molecule has 0 fully saturated rings. The Hall–Kier alpha value is -2.33. The van der Waals surface area contributed by atoms with Crippen molar-refractivity contribution in [2.45, 2.75) is 26.8 Å². The highest BCUT2D eigenvalue weighted by Crippen LogP contribution is 2.13. The molecule has 0 radical (unpaired) electrons. The van der Waals surface area contributed by atoms with Crippen LogP contribution in [0.25, 0.3) is 0 Å². The smallest absolute Gasteiger partial charge is 0.251 e. The lowest BCUT2D eigenvalue weighted by Gasteiger charge is -2.22. The first-order valence-electron chi connectivity index (χ1n) is 7.81. The minimum Gasteiger partial charge on any atom is -0.340 e. The lowest BCUT2D eigenvalue weighted by atomic mass is 10.0. The first-order chi connectivity index (χ1) is 11.4. The van der Waals surface area contributed by atoms with Crippen LogP contribution in [0.5, 0.6) is 0 Å². The molecule has 0 aliphatic carbocycles. The molecule has 0 aliphatic rings. The molecule has 0 bridgehead atoms. The molecule has 0 aromatic heterocycles. The Labute approximate surface area is 147 Å². The summed E-state index contributed by atoms with van der Waals surface area (Å²) >= 11 is 5.83. The van der Waals surface area contributed by atoms with E-state index < -0.39 is 6.04 Å². The van der Waals surface area contributed by atoms with E-state index in [0.717, 1.165) is 5.56 Å². The van der Waals surface area contributed by atoms with Crippen LogP contribution in [0.2, 0.25) is 5.02 Å². The van der Waals surface area contributed by atoms with E-state index >= 15 is 0 Å². The maximum atomic E-state index is 12.5. The molecule has 4 nitrogen and oxygen atoms in total. The van der Waals surface area contributed by atoms with Gasteiger partial charge in [-0.05, 0) is 49.2 Å². The molecule has 5 heteroatoms. The predicted molar refractivity (Wildman–Crippen MR) is 97.4 cm³/mol. The molecule has 0 saturated heterocycles. The summed E-state index contributed by atoms with van der Waals surface area (Å²) in [4.78, 5) is 24.9. The lowest BCUT2D eigenvalue weighted by molar-refractivity contribution is -0.118. The van der Waals surface area contributed by atoms with Gasteiger partial charge in [0.05, 0.1) is 0 Å². The Morgan fingerprint density at radius 3 is 2.08 bits per heavy atom. The topological polar surface area (TPSA) is 58.2 Å². The summed E-state index contributed by atoms with van der Waals surface area (Å²) < 4.78 is 0. The van der Waals surface area contributed by atoms with Gasteiger partial charge in [0.1, 0.15) is 6.04 Å². The summed E-state index contributed by atoms with van der Waals surface area (Å²) in [7, 11) is 0. The van der Waals surface area contributed by atoms with Gasteiger partial charge in [0.2, 0.25) is 5.91 Å². The van der Waals surface area contributed by atoms with E-state index in [-0.39, 0.29) is 17.7 Å². The van der Waals surface area contributed by atoms with Crippen molar-refractivity contribution in [1.29, 1.82) is 0 Å². The lowest BCUT2D eigenvalue weighted by Crippen LogP contribution is -2.47. The van der Waals surface area contributed by atoms with Crippen molar-refractivity contribution in [3.05, 3.63) is 64.7 Å². The predicted octanol–water partition coefficient (Wildman–Crippen LogP) is 4.04. The van der Waals surface area contributed by atoms with Crippen LogP contribution >= 0.6 is 11.6 Å². The molecule has 2 N–H and O–H groups in total. The zero-order chi connectivity index (χ0) is 17.7. The SMILES string of the molecule is Cc1ccc(NC(=O)C(NC(=O)c2ccc(Cl)cc2)C(C)C)cc1. The summed E-state index contributed by atoms with van der Waals surface area (Å²) in [5, 5.41) is 6.19. The van der Waals surface area contributed by atoms with Gasteiger partial charge >= 0.3 is 0 Å². The van der Waals surface area contributed by atoms with Gasteiger partial charge in [-0.2, -0.15) is 0 Å². The largest absolute Gasteiger partial charge is 0.340 e. The fourth-order valence-electron chi connectivity index (χ4n) is 2.22. The van der Waals surface area contributed by atoms with Crippen LogP contribution in [0.4, 0.5) is 5.69 Å². The zero-order valence-corrected chi connectivity index (χ0v) is 14.7. The number of nitrogens with one attached hydrogen (secondary N) is 2. The van der Waals surface area contributed by atoms with E-state index in [2.05, 4.69) is 10.6 Å². The Balaban J connectivity index is 2.07. The fraction of sp³-hybridized carbons (Fsp3) is 0.263. The fourth-order valence-corrected chi connectivity index (χ4v) is 2.34. The van der Waals surface area contributed by atoms with Crippen molar-refractivity contribution in [2.75, 3.05) is 5.32 Å². The van der Waals surface area contributed by atoms with E-state index in [4.69, 9.17) is 11.6 Å². The molecule has 2 aromatic carbocycles. The van der Waals surface area contributed by atoms with Crippen LogP contribution in [0.1, 0.15) is 29.8 Å². The first-order valence-corrected chi connectivity index (χ1v) is 8.18. The molecule has 0 saturated carbocycles. The molecule has 2 aromatic rings. The maximum Gasteiger partial charge on any atom is 0.251 e. The van der Waals surface area contributed by atoms with Gasteiger partial charge in [0, 0.05) is 16.3 Å². The normalized spacial score (nSPS) is 11.9. The van der Waals surface area contributed by atoms with Gasteiger partial charge in [0.25, 0.3) is 5.91 Å². The summed E-state index contributed by atoms with van der Waals surface area (Å²) in [5.74, 6) is -0.590. The molecule has 1 unspecified atom stereocenters. The Morgan fingerprint density at radius 2 is 1.54 bits per heavy atom. The number of halogens is 1. The number of carbonyl (C=O) groups excluding carboxylic acids is 2. The highest BCUT2D eigenvalue weighted by atomic mass is 35.5. The first kappa shape index (κ1) is 18.0. The number of carbonyl (C=O) groups is 2. The molecular formula is C19H21ClN2O2. The molecule has 2 rings (SSSR count). The molecule has 2 amide bonds. The van der Waals surface area contributed by atoms with Crippen LogP contribution in [-0.4, -0.2) is 17.9 Å². The summed E-state index contributed by atoms with van der Waals surface area (Å²) in [6.07, 6.45) is 0. The summed E-state index contributed by atoms with van der Waals surface area (Å²) in [6, 6.07) is 13.4. The second kappa shape index (κ2) is 7.97. The molecule has 0 aliphatic heterocycles. The zero-order valence-electron chi connectivity index (χ0n) is 14.0. The third kappa shape index (κ3) is 4.83. The monoisotopic (exact) mass is 344 g/mol. The number of aryl methyl sites for hydroxylation is 1. The molecule has 1 atom stereocenters. The number of benzene rings is 2. The van der Waals surface area contributed by atoms with Crippen LogP contribution < -0.4 is 10.6 Å². The quantitative estimate of drug-likeness (QED) is 0.860. The molecule has 24 heavy (non-hydrogen) atoms. The van der Waals surface area contributed by atoms with Gasteiger partial charge < -0.3 is 10.6 Å². The van der Waals surface area contributed by atoms with Crippen molar-refractivity contribution in [2.24, 2.45) is 5.92 Å². The van der Waals surface area contributed by atoms with E-state index in [1.54, 1.807) is 24.3 Å². The highest BCUT2D eigenvalue weighted by Gasteiger charge is 2.24. The van der Waals surface area contributed by atoms with E-state index in [1.165, 1.54) is 0 Å². The second-order valence-corrected chi connectivity index (χ2v) is 6.49. The highest BCUT2D eigenvalue weighted by molar-refractivity contribution is 6.30. The maximum absolute atomic E-state index is 12.5. The number of rotatable bonds is 5.